The number of benzene rings is 1. The summed E-state index contributed by atoms with van der Waals surface area (Å²) in [4.78, 5) is 8.95. The number of carbonyl (C=O) groups excluding carboxylic acids is 1. The Kier molecular flexibility index (Phi) is 5.43. The van der Waals surface area contributed by atoms with Crippen molar-refractivity contribution >= 4 is 12.2 Å². The van der Waals surface area contributed by atoms with Gasteiger partial charge in [-0.05, 0) is 19.1 Å². The fourth-order valence-electron chi connectivity index (χ4n) is 0.566. The number of nitrogens with two attached hydrogens (primary N) is 1. The van der Waals surface area contributed by atoms with Gasteiger partial charge in [-0.15, -0.1) is 0 Å². The lowest BCUT2D eigenvalue weighted by Crippen LogP contribution is -1.81. The Morgan fingerprint density at radius 3 is 2.00 bits per heavy atom. The SMILES string of the molecule is COC=O.Cc1ccc(N)cc1. The van der Waals surface area contributed by atoms with E-state index in [4.69, 9.17) is 10.5 Å². The van der Waals surface area contributed by atoms with Crippen LogP contribution in [0.25, 0.3) is 0 Å². The highest BCUT2D eigenvalue weighted by Crippen LogP contribution is 2.02. The van der Waals surface area contributed by atoms with Crippen molar-refractivity contribution in [3.63, 3.8) is 0 Å². The first kappa shape index (κ1) is 10.5. The summed E-state index contributed by atoms with van der Waals surface area (Å²) in [6.07, 6.45) is 0. The normalized spacial score (nSPS) is 7.83. The number of hydrogen-bond donors (Lipinski definition) is 1. The van der Waals surface area contributed by atoms with Crippen molar-refractivity contribution in [3.05, 3.63) is 29.8 Å². The van der Waals surface area contributed by atoms with Gasteiger partial charge in [-0.2, -0.15) is 0 Å². The predicted octanol–water partition coefficient (Wildman–Crippen LogP) is 1.37. The van der Waals surface area contributed by atoms with Gasteiger partial charge in [0.2, 0.25) is 0 Å². The molecule has 1 aromatic carbocycles. The number of nitrogen functional groups attached to an aromatic ring is 1. The van der Waals surface area contributed by atoms with E-state index in [9.17, 15) is 0 Å². The van der Waals surface area contributed by atoms with Gasteiger partial charge in [0.05, 0.1) is 7.11 Å². The minimum Gasteiger partial charge on any atom is -0.471 e. The molecule has 0 aliphatic rings. The van der Waals surface area contributed by atoms with Crippen LogP contribution in [0.5, 0.6) is 0 Å². The van der Waals surface area contributed by atoms with E-state index in [1.54, 1.807) is 0 Å². The van der Waals surface area contributed by atoms with Gasteiger partial charge < -0.3 is 10.5 Å². The van der Waals surface area contributed by atoms with E-state index in [-0.39, 0.29) is 0 Å². The third-order valence-electron chi connectivity index (χ3n) is 1.17. The van der Waals surface area contributed by atoms with Crippen LogP contribution in [-0.4, -0.2) is 13.6 Å². The molecule has 66 valence electrons. The predicted molar refractivity (Wildman–Crippen MR) is 48.7 cm³/mol. The molecule has 0 saturated carbocycles. The second kappa shape index (κ2) is 6.22. The number of ether oxygens (including phenoxy) is 1. The van der Waals surface area contributed by atoms with Gasteiger partial charge in [0.25, 0.3) is 6.47 Å². The first-order valence-corrected chi connectivity index (χ1v) is 3.49. The second-order valence-electron chi connectivity index (χ2n) is 2.24. The molecule has 0 amide bonds. The lowest BCUT2D eigenvalue weighted by Gasteiger charge is -1.90. The van der Waals surface area contributed by atoms with Crippen LogP contribution in [0, 0.1) is 6.92 Å². The third-order valence-corrected chi connectivity index (χ3v) is 1.17. The maximum atomic E-state index is 8.95. The summed E-state index contributed by atoms with van der Waals surface area (Å²) in [7, 11) is 1.31. The molecular formula is C9H13NO2. The standard InChI is InChI=1S/C7H9N.C2H4O2/c1-6-2-4-7(8)5-3-6;1-4-2-3/h2-5H,8H2,1H3;2H,1H3. The van der Waals surface area contributed by atoms with Gasteiger partial charge in [0.15, 0.2) is 0 Å². The molecule has 0 unspecified atom stereocenters. The zero-order chi connectivity index (χ0) is 9.40. The first-order valence-electron chi connectivity index (χ1n) is 3.49. The van der Waals surface area contributed by atoms with Crippen molar-refractivity contribution in [1.82, 2.24) is 0 Å². The Morgan fingerprint density at radius 2 is 1.75 bits per heavy atom. The molecule has 1 rings (SSSR count). The monoisotopic (exact) mass is 167 g/mol. The summed E-state index contributed by atoms with van der Waals surface area (Å²) in [5, 5.41) is 0. The van der Waals surface area contributed by atoms with E-state index in [2.05, 4.69) is 4.74 Å². The Hall–Kier alpha value is -1.51. The van der Waals surface area contributed by atoms with Crippen LogP contribution in [0.3, 0.4) is 0 Å². The Bertz CT molecular complexity index is 197. The van der Waals surface area contributed by atoms with Crippen molar-refractivity contribution < 1.29 is 9.53 Å². The maximum Gasteiger partial charge on any atom is 0.292 e. The van der Waals surface area contributed by atoms with Crippen molar-refractivity contribution in [3.8, 4) is 0 Å². The highest BCUT2D eigenvalue weighted by atomic mass is 16.5. The van der Waals surface area contributed by atoms with Crippen LogP contribution in [0.1, 0.15) is 5.56 Å². The summed E-state index contributed by atoms with van der Waals surface area (Å²) >= 11 is 0. The molecule has 0 radical (unpaired) electrons. The van der Waals surface area contributed by atoms with Gasteiger partial charge in [0, 0.05) is 5.69 Å². The zero-order valence-electron chi connectivity index (χ0n) is 7.28. The summed E-state index contributed by atoms with van der Waals surface area (Å²) in [5.74, 6) is 0. The van der Waals surface area contributed by atoms with E-state index >= 15 is 0 Å². The molecule has 1 aromatic rings. The molecule has 0 fully saturated rings. The highest BCUT2D eigenvalue weighted by Gasteiger charge is 1.80. The van der Waals surface area contributed by atoms with Crippen molar-refractivity contribution in [2.24, 2.45) is 0 Å². The van der Waals surface area contributed by atoms with Crippen LogP contribution in [-0.2, 0) is 9.53 Å². The minimum absolute atomic E-state index is 0.375. The van der Waals surface area contributed by atoms with Crippen LogP contribution < -0.4 is 5.73 Å². The maximum absolute atomic E-state index is 8.95. The number of rotatable bonds is 1. The number of carbonyl (C=O) groups is 1. The number of methoxy groups -OCH3 is 1. The highest BCUT2D eigenvalue weighted by molar-refractivity contribution is 5.38. The van der Waals surface area contributed by atoms with Gasteiger partial charge >= 0.3 is 0 Å². The largest absolute Gasteiger partial charge is 0.471 e. The molecule has 0 spiro atoms. The van der Waals surface area contributed by atoms with Crippen LogP contribution in [0.15, 0.2) is 24.3 Å². The van der Waals surface area contributed by atoms with Gasteiger partial charge in [-0.3, -0.25) is 4.79 Å². The molecule has 0 atom stereocenters. The molecule has 0 aliphatic heterocycles. The minimum atomic E-state index is 0.375. The topological polar surface area (TPSA) is 52.3 Å². The van der Waals surface area contributed by atoms with Crippen molar-refractivity contribution in [2.75, 3.05) is 12.8 Å². The Morgan fingerprint density at radius 1 is 1.33 bits per heavy atom. The molecule has 2 N–H and O–H groups in total. The summed E-state index contributed by atoms with van der Waals surface area (Å²) < 4.78 is 3.86. The lowest BCUT2D eigenvalue weighted by atomic mass is 10.2. The molecule has 0 bridgehead atoms. The average molecular weight is 167 g/mol. The smallest absolute Gasteiger partial charge is 0.292 e. The summed E-state index contributed by atoms with van der Waals surface area (Å²) in [5.41, 5.74) is 7.51. The molecule has 0 aromatic heterocycles. The van der Waals surface area contributed by atoms with Crippen LogP contribution in [0.4, 0.5) is 5.69 Å². The first-order chi connectivity index (χ1) is 5.70. The van der Waals surface area contributed by atoms with E-state index in [1.807, 2.05) is 31.2 Å². The van der Waals surface area contributed by atoms with Gasteiger partial charge in [0.1, 0.15) is 0 Å². The Labute approximate surface area is 72.1 Å². The summed E-state index contributed by atoms with van der Waals surface area (Å²) in [6, 6.07) is 7.79. The molecule has 0 aliphatic carbocycles. The third kappa shape index (κ3) is 5.29. The van der Waals surface area contributed by atoms with E-state index < -0.39 is 0 Å². The molecule has 3 nitrogen and oxygen atoms in total. The molecule has 0 heterocycles. The lowest BCUT2D eigenvalue weighted by molar-refractivity contribution is -0.126. The van der Waals surface area contributed by atoms with E-state index in [0.717, 1.165) is 5.69 Å². The molecule has 0 saturated heterocycles. The fourth-order valence-corrected chi connectivity index (χ4v) is 0.566. The second-order valence-corrected chi connectivity index (χ2v) is 2.24. The van der Waals surface area contributed by atoms with Crippen LogP contribution in [0.2, 0.25) is 0 Å². The van der Waals surface area contributed by atoms with E-state index in [1.165, 1.54) is 12.7 Å². The number of anilines is 1. The average Bonchev–Trinajstić information content (AvgIpc) is 2.11. The van der Waals surface area contributed by atoms with Crippen molar-refractivity contribution in [1.29, 1.82) is 0 Å². The zero-order valence-corrected chi connectivity index (χ0v) is 7.28. The molecule has 3 heteroatoms. The number of aryl methyl sites for hydroxylation is 1. The van der Waals surface area contributed by atoms with E-state index in [0.29, 0.717) is 6.47 Å². The quantitative estimate of drug-likeness (QED) is 0.507. The van der Waals surface area contributed by atoms with Crippen molar-refractivity contribution in [2.45, 2.75) is 6.92 Å². The van der Waals surface area contributed by atoms with Crippen LogP contribution >= 0.6 is 0 Å². The van der Waals surface area contributed by atoms with Gasteiger partial charge in [-0.1, -0.05) is 17.7 Å². The fraction of sp³-hybridized carbons (Fsp3) is 0.222. The molecule has 12 heavy (non-hydrogen) atoms. The Balaban J connectivity index is 0.000000261. The summed E-state index contributed by atoms with van der Waals surface area (Å²) in [6.45, 7) is 2.42. The molecular weight excluding hydrogens is 154 g/mol. The van der Waals surface area contributed by atoms with Gasteiger partial charge in [-0.25, -0.2) is 0 Å². The number of hydrogen-bond acceptors (Lipinski definition) is 3.